The zero-order valence-electron chi connectivity index (χ0n) is 11.1. The number of rotatable bonds is 4. The molecule has 1 aliphatic heterocycles. The summed E-state index contributed by atoms with van der Waals surface area (Å²) < 4.78 is 0. The van der Waals surface area contributed by atoms with Crippen LogP contribution in [-0.4, -0.2) is 66.5 Å². The average molecular weight is 257 g/mol. The van der Waals surface area contributed by atoms with E-state index in [9.17, 15) is 9.59 Å². The summed E-state index contributed by atoms with van der Waals surface area (Å²) in [5, 5.41) is 2.07. The van der Waals surface area contributed by atoms with Crippen molar-refractivity contribution < 1.29 is 9.59 Å². The van der Waals surface area contributed by atoms with Gasteiger partial charge in [-0.25, -0.2) is 4.79 Å². The van der Waals surface area contributed by atoms with Crippen molar-refractivity contribution in [2.24, 2.45) is 11.5 Å². The summed E-state index contributed by atoms with van der Waals surface area (Å²) in [4.78, 5) is 26.2. The van der Waals surface area contributed by atoms with Crippen LogP contribution >= 0.6 is 0 Å². The number of imide groups is 1. The van der Waals surface area contributed by atoms with Crippen molar-refractivity contribution in [1.29, 1.82) is 0 Å². The number of nitrogens with two attached hydrogens (primary N) is 2. The van der Waals surface area contributed by atoms with Crippen molar-refractivity contribution in [3.8, 4) is 0 Å². The Morgan fingerprint density at radius 3 is 2.22 bits per heavy atom. The largest absolute Gasteiger partial charge is 0.351 e. The predicted octanol–water partition coefficient (Wildman–Crippen LogP) is -1.46. The van der Waals surface area contributed by atoms with Crippen LogP contribution in [0.2, 0.25) is 0 Å². The van der Waals surface area contributed by atoms with Gasteiger partial charge in [-0.3, -0.25) is 19.9 Å². The van der Waals surface area contributed by atoms with Gasteiger partial charge in [-0.15, -0.1) is 0 Å². The van der Waals surface area contributed by atoms with E-state index in [4.69, 9.17) is 11.5 Å². The van der Waals surface area contributed by atoms with Gasteiger partial charge in [0.05, 0.1) is 6.54 Å². The van der Waals surface area contributed by atoms with Crippen molar-refractivity contribution in [2.75, 3.05) is 39.3 Å². The first-order valence-electron chi connectivity index (χ1n) is 6.12. The van der Waals surface area contributed by atoms with Crippen LogP contribution in [0.15, 0.2) is 0 Å². The van der Waals surface area contributed by atoms with E-state index in [1.807, 2.05) is 4.90 Å². The van der Waals surface area contributed by atoms with Crippen LogP contribution in [-0.2, 0) is 4.79 Å². The van der Waals surface area contributed by atoms with Gasteiger partial charge in [-0.1, -0.05) is 0 Å². The number of primary amides is 1. The van der Waals surface area contributed by atoms with E-state index in [-0.39, 0.29) is 18.0 Å². The number of hydrogen-bond acceptors (Lipinski definition) is 5. The van der Waals surface area contributed by atoms with Crippen molar-refractivity contribution in [3.05, 3.63) is 0 Å². The van der Waals surface area contributed by atoms with Crippen molar-refractivity contribution >= 4 is 11.9 Å². The van der Waals surface area contributed by atoms with Gasteiger partial charge in [-0.05, 0) is 13.8 Å². The van der Waals surface area contributed by atoms with Crippen molar-refractivity contribution in [1.82, 2.24) is 15.1 Å². The lowest BCUT2D eigenvalue weighted by molar-refractivity contribution is -0.121. The molecule has 5 N–H and O–H groups in total. The Morgan fingerprint density at radius 2 is 1.78 bits per heavy atom. The van der Waals surface area contributed by atoms with Gasteiger partial charge in [0.2, 0.25) is 5.91 Å². The Kier molecular flexibility index (Phi) is 5.06. The molecule has 0 aromatic rings. The third kappa shape index (κ3) is 4.25. The monoisotopic (exact) mass is 257 g/mol. The topological polar surface area (TPSA) is 105 Å². The molecule has 1 rings (SSSR count). The third-order valence-electron chi connectivity index (χ3n) is 3.36. The molecule has 1 heterocycles. The summed E-state index contributed by atoms with van der Waals surface area (Å²) in [6, 6.07) is -0.803. The zero-order chi connectivity index (χ0) is 13.8. The van der Waals surface area contributed by atoms with Gasteiger partial charge in [0.15, 0.2) is 0 Å². The van der Waals surface area contributed by atoms with Gasteiger partial charge in [0.1, 0.15) is 0 Å². The average Bonchev–Trinajstić information content (AvgIpc) is 2.28. The van der Waals surface area contributed by atoms with Crippen molar-refractivity contribution in [2.45, 2.75) is 19.4 Å². The highest BCUT2D eigenvalue weighted by atomic mass is 16.2. The molecule has 1 saturated heterocycles. The van der Waals surface area contributed by atoms with E-state index in [1.165, 1.54) is 0 Å². The van der Waals surface area contributed by atoms with E-state index in [2.05, 4.69) is 24.1 Å². The Morgan fingerprint density at radius 1 is 1.22 bits per heavy atom. The molecule has 7 nitrogen and oxygen atoms in total. The third-order valence-corrected chi connectivity index (χ3v) is 3.36. The van der Waals surface area contributed by atoms with E-state index >= 15 is 0 Å². The quantitative estimate of drug-likeness (QED) is 0.570. The first kappa shape index (κ1) is 14.9. The minimum absolute atomic E-state index is 0.0123. The molecular formula is C11H23N5O2. The second kappa shape index (κ2) is 6.12. The first-order valence-corrected chi connectivity index (χ1v) is 6.12. The van der Waals surface area contributed by atoms with Crippen LogP contribution in [0.5, 0.6) is 0 Å². The second-order valence-electron chi connectivity index (χ2n) is 5.19. The molecule has 0 unspecified atom stereocenters. The molecular weight excluding hydrogens is 234 g/mol. The Balaban J connectivity index is 2.36. The molecule has 0 aliphatic carbocycles. The van der Waals surface area contributed by atoms with Crippen LogP contribution in [0.4, 0.5) is 4.79 Å². The van der Waals surface area contributed by atoms with E-state index in [0.717, 1.165) is 26.2 Å². The smallest absolute Gasteiger partial charge is 0.318 e. The highest BCUT2D eigenvalue weighted by Gasteiger charge is 2.29. The molecule has 1 aliphatic rings. The fourth-order valence-electron chi connectivity index (χ4n) is 2.02. The number of hydrogen-bond donors (Lipinski definition) is 3. The van der Waals surface area contributed by atoms with Gasteiger partial charge in [-0.2, -0.15) is 0 Å². The maximum absolute atomic E-state index is 11.4. The highest BCUT2D eigenvalue weighted by Crippen LogP contribution is 2.15. The maximum Gasteiger partial charge on any atom is 0.318 e. The summed E-state index contributed by atoms with van der Waals surface area (Å²) in [5.41, 5.74) is 10.6. The molecule has 18 heavy (non-hydrogen) atoms. The number of nitrogens with one attached hydrogen (secondary N) is 1. The molecule has 0 atom stereocenters. The lowest BCUT2D eigenvalue weighted by Crippen LogP contribution is -2.58. The summed E-state index contributed by atoms with van der Waals surface area (Å²) in [6.07, 6.45) is 0. The van der Waals surface area contributed by atoms with E-state index < -0.39 is 6.03 Å². The molecule has 0 aromatic carbocycles. The SMILES string of the molecule is CC(C)(CN)N1CCN(CC(=O)NC(N)=O)CC1. The molecule has 0 radical (unpaired) electrons. The molecule has 0 bridgehead atoms. The van der Waals surface area contributed by atoms with Crippen LogP contribution < -0.4 is 16.8 Å². The molecule has 0 spiro atoms. The molecule has 1 fully saturated rings. The minimum Gasteiger partial charge on any atom is -0.351 e. The van der Waals surface area contributed by atoms with Crippen LogP contribution in [0.1, 0.15) is 13.8 Å². The molecule has 104 valence electrons. The number of piperazine rings is 1. The predicted molar refractivity (Wildman–Crippen MR) is 68.9 cm³/mol. The highest BCUT2D eigenvalue weighted by molar-refractivity contribution is 5.94. The molecule has 3 amide bonds. The van der Waals surface area contributed by atoms with Gasteiger partial charge < -0.3 is 11.5 Å². The second-order valence-corrected chi connectivity index (χ2v) is 5.19. The van der Waals surface area contributed by atoms with Gasteiger partial charge >= 0.3 is 6.03 Å². The zero-order valence-corrected chi connectivity index (χ0v) is 11.1. The number of urea groups is 1. The maximum atomic E-state index is 11.4. The van der Waals surface area contributed by atoms with Crippen LogP contribution in [0.3, 0.4) is 0 Å². The summed E-state index contributed by atoms with van der Waals surface area (Å²) in [5.74, 6) is -0.353. The summed E-state index contributed by atoms with van der Waals surface area (Å²) in [6.45, 7) is 8.35. The summed E-state index contributed by atoms with van der Waals surface area (Å²) in [7, 11) is 0. The molecule has 0 aromatic heterocycles. The number of carbonyl (C=O) groups is 2. The minimum atomic E-state index is -0.803. The van der Waals surface area contributed by atoms with Gasteiger partial charge in [0, 0.05) is 38.3 Å². The van der Waals surface area contributed by atoms with Crippen molar-refractivity contribution in [3.63, 3.8) is 0 Å². The Bertz CT molecular complexity index is 311. The standard InChI is InChI=1S/C11H23N5O2/c1-11(2,8-12)16-5-3-15(4-6-16)7-9(17)14-10(13)18/h3-8,12H2,1-2H3,(H3,13,14,17,18). The first-order chi connectivity index (χ1) is 8.35. The number of carbonyl (C=O) groups excluding carboxylic acids is 2. The number of nitrogens with zero attached hydrogens (tertiary/aromatic N) is 2. The molecule has 7 heteroatoms. The normalized spacial score (nSPS) is 18.6. The Hall–Kier alpha value is -1.18. The lowest BCUT2D eigenvalue weighted by Gasteiger charge is -2.43. The van der Waals surface area contributed by atoms with Crippen LogP contribution in [0, 0.1) is 0 Å². The molecule has 0 saturated carbocycles. The van der Waals surface area contributed by atoms with Gasteiger partial charge in [0.25, 0.3) is 0 Å². The fraction of sp³-hybridized carbons (Fsp3) is 0.818. The van der Waals surface area contributed by atoms with E-state index in [1.54, 1.807) is 0 Å². The van der Waals surface area contributed by atoms with Crippen LogP contribution in [0.25, 0.3) is 0 Å². The number of amides is 3. The Labute approximate surface area is 107 Å². The fourth-order valence-corrected chi connectivity index (χ4v) is 2.02. The van der Waals surface area contributed by atoms with E-state index in [0.29, 0.717) is 6.54 Å². The summed E-state index contributed by atoms with van der Waals surface area (Å²) >= 11 is 0. The lowest BCUT2D eigenvalue weighted by atomic mass is 10.0.